The normalized spacial score (nSPS) is 11.7. The molecule has 3 aromatic rings. The molecule has 1 heterocycles. The van der Waals surface area contributed by atoms with Gasteiger partial charge in [0.2, 0.25) is 5.95 Å². The van der Waals surface area contributed by atoms with Gasteiger partial charge in [-0.15, -0.1) is 5.10 Å². The van der Waals surface area contributed by atoms with Crippen LogP contribution < -0.4 is 10.6 Å². The molecule has 0 fully saturated rings. The van der Waals surface area contributed by atoms with E-state index in [2.05, 4.69) is 25.8 Å². The summed E-state index contributed by atoms with van der Waals surface area (Å²) in [6.07, 6.45) is 1.56. The minimum absolute atomic E-state index is 0.0894. The minimum Gasteiger partial charge on any atom is -0.362 e. The van der Waals surface area contributed by atoms with Gasteiger partial charge < -0.3 is 10.6 Å². The van der Waals surface area contributed by atoms with Crippen molar-refractivity contribution < 1.29 is 4.39 Å². The largest absolute Gasteiger partial charge is 0.362 e. The second kappa shape index (κ2) is 6.83. The van der Waals surface area contributed by atoms with Crippen molar-refractivity contribution in [1.82, 2.24) is 15.2 Å². The van der Waals surface area contributed by atoms with Crippen LogP contribution in [0.15, 0.2) is 60.8 Å². The molecule has 2 aromatic carbocycles. The molecule has 1 atom stereocenters. The molecule has 0 amide bonds. The lowest BCUT2D eigenvalue weighted by atomic mass is 10.1. The van der Waals surface area contributed by atoms with E-state index in [0.717, 1.165) is 5.56 Å². The zero-order valence-corrected chi connectivity index (χ0v) is 12.6. The number of benzene rings is 2. The molecule has 0 spiro atoms. The van der Waals surface area contributed by atoms with Gasteiger partial charge in [0, 0.05) is 11.7 Å². The lowest BCUT2D eigenvalue weighted by molar-refractivity contribution is 0.628. The number of hydrogen-bond acceptors (Lipinski definition) is 5. The fourth-order valence-corrected chi connectivity index (χ4v) is 2.14. The SMILES string of the molecule is CC(Nc1cnnc(Nc2ccc(F)cc2)n1)c1ccccc1. The van der Waals surface area contributed by atoms with E-state index >= 15 is 0 Å². The van der Waals surface area contributed by atoms with Crippen LogP contribution in [0.2, 0.25) is 0 Å². The van der Waals surface area contributed by atoms with E-state index in [-0.39, 0.29) is 11.9 Å². The van der Waals surface area contributed by atoms with Gasteiger partial charge >= 0.3 is 0 Å². The van der Waals surface area contributed by atoms with Crippen LogP contribution >= 0.6 is 0 Å². The average Bonchev–Trinajstić information content (AvgIpc) is 2.58. The van der Waals surface area contributed by atoms with E-state index in [1.165, 1.54) is 12.1 Å². The van der Waals surface area contributed by atoms with Crippen molar-refractivity contribution in [2.24, 2.45) is 0 Å². The number of aromatic nitrogens is 3. The molecule has 0 saturated carbocycles. The van der Waals surface area contributed by atoms with Gasteiger partial charge in [-0.1, -0.05) is 30.3 Å². The summed E-state index contributed by atoms with van der Waals surface area (Å²) in [5, 5.41) is 14.1. The van der Waals surface area contributed by atoms with Crippen LogP contribution in [0.1, 0.15) is 18.5 Å². The third-order valence-electron chi connectivity index (χ3n) is 3.32. The van der Waals surface area contributed by atoms with Crippen LogP contribution in [-0.4, -0.2) is 15.2 Å². The first kappa shape index (κ1) is 14.9. The second-order valence-electron chi connectivity index (χ2n) is 5.07. The highest BCUT2D eigenvalue weighted by Gasteiger charge is 2.07. The zero-order valence-electron chi connectivity index (χ0n) is 12.6. The molecule has 1 unspecified atom stereocenters. The van der Waals surface area contributed by atoms with E-state index in [4.69, 9.17) is 0 Å². The minimum atomic E-state index is -0.290. The van der Waals surface area contributed by atoms with E-state index in [9.17, 15) is 4.39 Å². The first-order chi connectivity index (χ1) is 11.2. The summed E-state index contributed by atoms with van der Waals surface area (Å²) in [5.74, 6) is 0.671. The van der Waals surface area contributed by atoms with Gasteiger partial charge in [-0.05, 0) is 36.8 Å². The monoisotopic (exact) mass is 309 g/mol. The molecule has 0 saturated heterocycles. The molecule has 2 N–H and O–H groups in total. The van der Waals surface area contributed by atoms with Crippen molar-refractivity contribution in [2.45, 2.75) is 13.0 Å². The standard InChI is InChI=1S/C17H16FN5/c1-12(13-5-3-2-4-6-13)20-16-11-19-23-17(22-16)21-15-9-7-14(18)8-10-15/h2-12H,1H3,(H2,20,21,22,23). The average molecular weight is 309 g/mol. The van der Waals surface area contributed by atoms with Crippen molar-refractivity contribution in [2.75, 3.05) is 10.6 Å². The number of anilines is 3. The Hall–Kier alpha value is -3.02. The summed E-state index contributed by atoms with van der Waals surface area (Å²) in [7, 11) is 0. The Morgan fingerprint density at radius 1 is 1.00 bits per heavy atom. The Balaban J connectivity index is 1.71. The predicted molar refractivity (Wildman–Crippen MR) is 88.0 cm³/mol. The third-order valence-corrected chi connectivity index (χ3v) is 3.32. The molecule has 23 heavy (non-hydrogen) atoms. The van der Waals surface area contributed by atoms with E-state index in [1.807, 2.05) is 37.3 Å². The first-order valence-corrected chi connectivity index (χ1v) is 7.24. The van der Waals surface area contributed by atoms with Gasteiger partial charge in [0.05, 0.1) is 6.20 Å². The highest BCUT2D eigenvalue weighted by atomic mass is 19.1. The number of hydrogen-bond donors (Lipinski definition) is 2. The highest BCUT2D eigenvalue weighted by molar-refractivity contribution is 5.53. The van der Waals surface area contributed by atoms with Crippen LogP contribution in [-0.2, 0) is 0 Å². The lowest BCUT2D eigenvalue weighted by Crippen LogP contribution is -2.09. The molecule has 0 aliphatic heterocycles. The quantitative estimate of drug-likeness (QED) is 0.748. The summed E-state index contributed by atoms with van der Waals surface area (Å²) in [6.45, 7) is 2.05. The molecular formula is C17H16FN5. The molecular weight excluding hydrogens is 293 g/mol. The first-order valence-electron chi connectivity index (χ1n) is 7.24. The van der Waals surface area contributed by atoms with Gasteiger partial charge in [0.25, 0.3) is 0 Å². The Labute approximate surface area is 133 Å². The summed E-state index contributed by atoms with van der Waals surface area (Å²) in [5.41, 5.74) is 1.85. The maximum absolute atomic E-state index is 12.9. The number of nitrogens with one attached hydrogen (secondary N) is 2. The van der Waals surface area contributed by atoms with Crippen molar-refractivity contribution in [1.29, 1.82) is 0 Å². The summed E-state index contributed by atoms with van der Waals surface area (Å²) < 4.78 is 12.9. The molecule has 0 radical (unpaired) electrons. The fraction of sp³-hybridized carbons (Fsp3) is 0.118. The highest BCUT2D eigenvalue weighted by Crippen LogP contribution is 2.18. The van der Waals surface area contributed by atoms with Crippen LogP contribution in [0.5, 0.6) is 0 Å². The molecule has 0 bridgehead atoms. The van der Waals surface area contributed by atoms with Crippen molar-refractivity contribution in [3.05, 3.63) is 72.2 Å². The maximum atomic E-state index is 12.9. The Morgan fingerprint density at radius 2 is 1.74 bits per heavy atom. The van der Waals surface area contributed by atoms with E-state index in [0.29, 0.717) is 17.5 Å². The van der Waals surface area contributed by atoms with Crippen molar-refractivity contribution in [3.63, 3.8) is 0 Å². The Kier molecular flexibility index (Phi) is 4.42. The second-order valence-corrected chi connectivity index (χ2v) is 5.07. The molecule has 3 rings (SSSR count). The maximum Gasteiger partial charge on any atom is 0.249 e. The summed E-state index contributed by atoms with van der Waals surface area (Å²) >= 11 is 0. The van der Waals surface area contributed by atoms with Crippen LogP contribution in [0, 0.1) is 5.82 Å². The zero-order chi connectivity index (χ0) is 16.1. The van der Waals surface area contributed by atoms with Gasteiger partial charge in [-0.3, -0.25) is 0 Å². The molecule has 6 heteroatoms. The van der Waals surface area contributed by atoms with Gasteiger partial charge in [-0.25, -0.2) is 4.39 Å². The molecule has 0 aliphatic carbocycles. The van der Waals surface area contributed by atoms with Crippen molar-refractivity contribution >= 4 is 17.5 Å². The molecule has 1 aromatic heterocycles. The third kappa shape index (κ3) is 4.00. The number of halogens is 1. The Bertz CT molecular complexity index is 761. The smallest absolute Gasteiger partial charge is 0.249 e. The van der Waals surface area contributed by atoms with Crippen LogP contribution in [0.25, 0.3) is 0 Å². The molecule has 0 aliphatic rings. The van der Waals surface area contributed by atoms with E-state index < -0.39 is 0 Å². The van der Waals surface area contributed by atoms with Gasteiger partial charge in [0.15, 0.2) is 5.82 Å². The topological polar surface area (TPSA) is 62.7 Å². The molecule has 5 nitrogen and oxygen atoms in total. The molecule has 116 valence electrons. The van der Waals surface area contributed by atoms with Crippen LogP contribution in [0.4, 0.5) is 21.8 Å². The van der Waals surface area contributed by atoms with E-state index in [1.54, 1.807) is 18.3 Å². The predicted octanol–water partition coefficient (Wildman–Crippen LogP) is 3.93. The number of rotatable bonds is 5. The van der Waals surface area contributed by atoms with Crippen LogP contribution in [0.3, 0.4) is 0 Å². The summed E-state index contributed by atoms with van der Waals surface area (Å²) in [4.78, 5) is 4.37. The fourth-order valence-electron chi connectivity index (χ4n) is 2.14. The number of nitrogens with zero attached hydrogens (tertiary/aromatic N) is 3. The lowest BCUT2D eigenvalue weighted by Gasteiger charge is -2.15. The summed E-state index contributed by atoms with van der Waals surface area (Å²) in [6, 6.07) is 16.1. The Morgan fingerprint density at radius 3 is 2.48 bits per heavy atom. The van der Waals surface area contributed by atoms with Crippen molar-refractivity contribution in [3.8, 4) is 0 Å². The van der Waals surface area contributed by atoms with Gasteiger partial charge in [0.1, 0.15) is 5.82 Å². The van der Waals surface area contributed by atoms with Gasteiger partial charge in [-0.2, -0.15) is 10.1 Å².